The molecule has 0 radical (unpaired) electrons. The number of carbonyl (C=O) groups excluding carboxylic acids is 2. The van der Waals surface area contributed by atoms with E-state index in [4.69, 9.17) is 4.42 Å². The molecule has 0 aliphatic carbocycles. The number of anilines is 1. The molecule has 0 bridgehead atoms. The van der Waals surface area contributed by atoms with Crippen molar-refractivity contribution < 1.29 is 31.6 Å². The minimum atomic E-state index is -4.69. The van der Waals surface area contributed by atoms with Crippen LogP contribution in [0.1, 0.15) is 37.0 Å². The van der Waals surface area contributed by atoms with Gasteiger partial charge in [0.15, 0.2) is 0 Å². The zero-order chi connectivity index (χ0) is 21.5. The minimum absolute atomic E-state index is 0.0642. The number of halogens is 4. The average Bonchev–Trinajstić information content (AvgIpc) is 3.35. The first-order valence-electron chi connectivity index (χ1n) is 9.47. The molecule has 2 aliphatic heterocycles. The molecule has 2 fully saturated rings. The number of likely N-dealkylation sites (tertiary alicyclic amines) is 1. The molecule has 2 amide bonds. The summed E-state index contributed by atoms with van der Waals surface area (Å²) in [4.78, 5) is 28.2. The van der Waals surface area contributed by atoms with E-state index in [0.29, 0.717) is 31.6 Å². The van der Waals surface area contributed by atoms with Gasteiger partial charge in [0.25, 0.3) is 0 Å². The summed E-state index contributed by atoms with van der Waals surface area (Å²) in [5.41, 5.74) is 0.535. The van der Waals surface area contributed by atoms with Crippen LogP contribution >= 0.6 is 0 Å². The Balaban J connectivity index is 1.35. The Labute approximate surface area is 168 Å². The molecule has 2 aromatic rings. The van der Waals surface area contributed by atoms with Gasteiger partial charge in [-0.15, -0.1) is 10.2 Å². The molecule has 7 nitrogen and oxygen atoms in total. The largest absolute Gasteiger partial charge is 0.470 e. The number of hydrogen-bond acceptors (Lipinski definition) is 5. The van der Waals surface area contributed by atoms with E-state index < -0.39 is 23.8 Å². The number of amides is 2. The highest BCUT2D eigenvalue weighted by Gasteiger charge is 2.41. The van der Waals surface area contributed by atoms with E-state index in [1.165, 1.54) is 29.2 Å². The lowest BCUT2D eigenvalue weighted by Crippen LogP contribution is -2.42. The number of rotatable bonds is 3. The van der Waals surface area contributed by atoms with E-state index in [2.05, 4.69) is 10.2 Å². The third-order valence-electron chi connectivity index (χ3n) is 5.45. The van der Waals surface area contributed by atoms with Gasteiger partial charge in [-0.1, -0.05) is 0 Å². The number of piperidine rings is 1. The summed E-state index contributed by atoms with van der Waals surface area (Å²) in [6.07, 6.45) is -3.83. The van der Waals surface area contributed by atoms with Gasteiger partial charge >= 0.3 is 12.1 Å². The van der Waals surface area contributed by atoms with Crippen molar-refractivity contribution in [1.29, 1.82) is 0 Å². The van der Waals surface area contributed by atoms with Gasteiger partial charge in [0.2, 0.25) is 17.7 Å². The third kappa shape index (κ3) is 4.01. The molecular weight excluding hydrogens is 408 g/mol. The SMILES string of the molecule is O=C(C1CC(=O)N(c2ccc(F)cc2)C1)N1CCC(c2nnc(C(F)(F)F)o2)CC1. The molecule has 11 heteroatoms. The Hall–Kier alpha value is -2.98. The zero-order valence-electron chi connectivity index (χ0n) is 15.7. The first-order chi connectivity index (χ1) is 14.2. The molecule has 160 valence electrons. The van der Waals surface area contributed by atoms with Crippen molar-refractivity contribution in [3.8, 4) is 0 Å². The van der Waals surface area contributed by atoms with Gasteiger partial charge in [-0.25, -0.2) is 4.39 Å². The number of nitrogens with zero attached hydrogens (tertiary/aromatic N) is 4. The van der Waals surface area contributed by atoms with Crippen LogP contribution < -0.4 is 4.90 Å². The van der Waals surface area contributed by atoms with Gasteiger partial charge in [0.1, 0.15) is 5.82 Å². The molecule has 0 N–H and O–H groups in total. The molecule has 0 saturated carbocycles. The molecule has 1 atom stereocenters. The molecule has 2 saturated heterocycles. The predicted molar refractivity (Wildman–Crippen MR) is 94.7 cm³/mol. The maximum atomic E-state index is 13.1. The Morgan fingerprint density at radius 1 is 1.10 bits per heavy atom. The summed E-state index contributed by atoms with van der Waals surface area (Å²) in [5.74, 6) is -3.11. The summed E-state index contributed by atoms with van der Waals surface area (Å²) in [6, 6.07) is 5.49. The second-order valence-corrected chi connectivity index (χ2v) is 7.42. The average molecular weight is 426 g/mol. The van der Waals surface area contributed by atoms with Crippen LogP contribution in [0.3, 0.4) is 0 Å². The fraction of sp³-hybridized carbons (Fsp3) is 0.474. The first-order valence-corrected chi connectivity index (χ1v) is 9.47. The Kier molecular flexibility index (Phi) is 5.20. The maximum Gasteiger partial charge on any atom is 0.470 e. The molecule has 1 aromatic carbocycles. The standard InChI is InChI=1S/C19H18F4N4O3/c20-13-1-3-14(4-2-13)27-10-12(9-15(27)28)17(29)26-7-5-11(6-8-26)16-24-25-18(30-16)19(21,22)23/h1-4,11-12H,5-10H2. The first kappa shape index (κ1) is 20.3. The fourth-order valence-electron chi connectivity index (χ4n) is 3.86. The highest BCUT2D eigenvalue weighted by molar-refractivity contribution is 6.00. The molecule has 1 aromatic heterocycles. The summed E-state index contributed by atoms with van der Waals surface area (Å²) in [6.45, 7) is 0.866. The van der Waals surface area contributed by atoms with Crippen LogP contribution in [0.2, 0.25) is 0 Å². The van der Waals surface area contributed by atoms with Crippen molar-refractivity contribution in [3.05, 3.63) is 41.9 Å². The Morgan fingerprint density at radius 3 is 2.37 bits per heavy atom. The van der Waals surface area contributed by atoms with Crippen molar-refractivity contribution in [2.24, 2.45) is 5.92 Å². The van der Waals surface area contributed by atoms with E-state index in [1.54, 1.807) is 4.90 Å². The number of hydrogen-bond donors (Lipinski definition) is 0. The molecule has 30 heavy (non-hydrogen) atoms. The van der Waals surface area contributed by atoms with E-state index in [9.17, 15) is 27.2 Å². The van der Waals surface area contributed by atoms with Crippen molar-refractivity contribution in [2.75, 3.05) is 24.5 Å². The highest BCUT2D eigenvalue weighted by atomic mass is 19.4. The van der Waals surface area contributed by atoms with Crippen LogP contribution in [-0.2, 0) is 15.8 Å². The van der Waals surface area contributed by atoms with Crippen LogP contribution in [0.5, 0.6) is 0 Å². The van der Waals surface area contributed by atoms with E-state index in [-0.39, 0.29) is 36.6 Å². The fourth-order valence-corrected chi connectivity index (χ4v) is 3.86. The lowest BCUT2D eigenvalue weighted by molar-refractivity contribution is -0.157. The molecule has 4 rings (SSSR count). The van der Waals surface area contributed by atoms with Gasteiger partial charge in [-0.3, -0.25) is 9.59 Å². The lowest BCUT2D eigenvalue weighted by Gasteiger charge is -2.32. The molecule has 1 unspecified atom stereocenters. The number of alkyl halides is 3. The van der Waals surface area contributed by atoms with Gasteiger partial charge in [-0.05, 0) is 37.1 Å². The smallest absolute Gasteiger partial charge is 0.417 e. The normalized spacial score (nSPS) is 20.8. The van der Waals surface area contributed by atoms with Crippen LogP contribution in [0.4, 0.5) is 23.2 Å². The Morgan fingerprint density at radius 2 is 1.77 bits per heavy atom. The van der Waals surface area contributed by atoms with Crippen molar-refractivity contribution >= 4 is 17.5 Å². The maximum absolute atomic E-state index is 13.1. The van der Waals surface area contributed by atoms with Crippen molar-refractivity contribution in [1.82, 2.24) is 15.1 Å². The van der Waals surface area contributed by atoms with E-state index >= 15 is 0 Å². The number of benzene rings is 1. The van der Waals surface area contributed by atoms with Crippen LogP contribution in [0.15, 0.2) is 28.7 Å². The van der Waals surface area contributed by atoms with Crippen LogP contribution in [0.25, 0.3) is 0 Å². The van der Waals surface area contributed by atoms with Gasteiger partial charge < -0.3 is 14.2 Å². The monoisotopic (exact) mass is 426 g/mol. The number of carbonyl (C=O) groups is 2. The summed E-state index contributed by atoms with van der Waals surface area (Å²) in [5, 5.41) is 6.54. The van der Waals surface area contributed by atoms with Gasteiger partial charge in [-0.2, -0.15) is 13.2 Å². The molecule has 0 spiro atoms. The highest BCUT2D eigenvalue weighted by Crippen LogP contribution is 2.33. The van der Waals surface area contributed by atoms with Crippen molar-refractivity contribution in [2.45, 2.75) is 31.4 Å². The predicted octanol–water partition coefficient (Wildman–Crippen LogP) is 2.99. The lowest BCUT2D eigenvalue weighted by atomic mass is 9.95. The van der Waals surface area contributed by atoms with E-state index in [0.717, 1.165) is 0 Å². The van der Waals surface area contributed by atoms with Crippen molar-refractivity contribution in [3.63, 3.8) is 0 Å². The second kappa shape index (κ2) is 7.69. The zero-order valence-corrected chi connectivity index (χ0v) is 15.7. The topological polar surface area (TPSA) is 79.5 Å². The summed E-state index contributed by atoms with van der Waals surface area (Å²) < 4.78 is 55.7. The third-order valence-corrected chi connectivity index (χ3v) is 5.45. The van der Waals surface area contributed by atoms with Gasteiger partial charge in [0, 0.05) is 37.7 Å². The quantitative estimate of drug-likeness (QED) is 0.705. The summed E-state index contributed by atoms with van der Waals surface area (Å²) in [7, 11) is 0. The molecule has 3 heterocycles. The second-order valence-electron chi connectivity index (χ2n) is 7.42. The van der Waals surface area contributed by atoms with Crippen LogP contribution in [0, 0.1) is 11.7 Å². The molecular formula is C19H18F4N4O3. The van der Waals surface area contributed by atoms with Crippen LogP contribution in [-0.4, -0.2) is 46.5 Å². The van der Waals surface area contributed by atoms with E-state index in [1.807, 2.05) is 0 Å². The van der Waals surface area contributed by atoms with Gasteiger partial charge in [0.05, 0.1) is 5.92 Å². The summed E-state index contributed by atoms with van der Waals surface area (Å²) >= 11 is 0. The minimum Gasteiger partial charge on any atom is -0.417 e. The Bertz CT molecular complexity index is 936. The molecule has 2 aliphatic rings. The number of aromatic nitrogens is 2.